The maximum atomic E-state index is 13.0. The molecule has 2 aromatic carbocycles. The quantitative estimate of drug-likeness (QED) is 0.284. The number of ether oxygens (including phenoxy) is 1. The molecule has 29 heavy (non-hydrogen) atoms. The van der Waals surface area contributed by atoms with Gasteiger partial charge in [0, 0.05) is 6.21 Å². The van der Waals surface area contributed by atoms with Gasteiger partial charge in [-0.15, -0.1) is 0 Å². The molecule has 0 unspecified atom stereocenters. The van der Waals surface area contributed by atoms with E-state index in [1.165, 1.54) is 12.1 Å². The minimum atomic E-state index is -5.00. The Morgan fingerprint density at radius 1 is 0.931 bits per heavy atom. The molecule has 2 rings (SSSR count). The highest BCUT2D eigenvalue weighted by Gasteiger charge is 2.39. The Bertz CT molecular complexity index is 887. The normalized spacial score (nSPS) is 14.4. The summed E-state index contributed by atoms with van der Waals surface area (Å²) in [5.74, 6) is -0.905. The minimum Gasteiger partial charge on any atom is -0.467 e. The zero-order valence-corrected chi connectivity index (χ0v) is 15.0. The lowest BCUT2D eigenvalue weighted by molar-refractivity contribution is -0.145. The predicted molar refractivity (Wildman–Crippen MR) is 94.4 cm³/mol. The number of rotatable bonds is 5. The topological polar surface area (TPSA) is 38.7 Å². The Hall–Kier alpha value is -3.10. The minimum absolute atomic E-state index is 0.00952. The van der Waals surface area contributed by atoms with Crippen LogP contribution in [0.25, 0.3) is 0 Å². The first-order valence-electron chi connectivity index (χ1n) is 8.06. The van der Waals surface area contributed by atoms with Crippen LogP contribution in [0.4, 0.5) is 26.3 Å². The van der Waals surface area contributed by atoms with Gasteiger partial charge in [0.1, 0.15) is 0 Å². The van der Waals surface area contributed by atoms with Gasteiger partial charge in [-0.2, -0.15) is 26.3 Å². The summed E-state index contributed by atoms with van der Waals surface area (Å²) < 4.78 is 82.9. The van der Waals surface area contributed by atoms with Gasteiger partial charge in [0.15, 0.2) is 0 Å². The molecule has 0 bridgehead atoms. The summed E-state index contributed by atoms with van der Waals surface area (Å²) in [4.78, 5) is 16.4. The van der Waals surface area contributed by atoms with Crippen molar-refractivity contribution in [3.05, 3.63) is 83.4 Å². The molecule has 2 aromatic rings. The van der Waals surface area contributed by atoms with Crippen molar-refractivity contribution >= 4 is 12.2 Å². The zero-order chi connectivity index (χ0) is 21.9. The molecule has 0 heterocycles. The van der Waals surface area contributed by atoms with E-state index in [1.807, 2.05) is 0 Å². The molecule has 0 fully saturated rings. The molecule has 0 N–H and O–H groups in total. The number of hydrogen-bond donors (Lipinski definition) is 0. The largest absolute Gasteiger partial charge is 0.467 e. The van der Waals surface area contributed by atoms with Crippen molar-refractivity contribution in [1.82, 2.24) is 0 Å². The molecule has 0 aliphatic rings. The van der Waals surface area contributed by atoms with E-state index in [2.05, 4.69) is 11.6 Å². The lowest BCUT2D eigenvalue weighted by atomic mass is 9.90. The van der Waals surface area contributed by atoms with Crippen molar-refractivity contribution < 1.29 is 35.9 Å². The highest BCUT2D eigenvalue weighted by Crippen LogP contribution is 2.36. The molecule has 0 saturated carbocycles. The second-order valence-electron chi connectivity index (χ2n) is 5.93. The van der Waals surface area contributed by atoms with Gasteiger partial charge in [-0.25, -0.2) is 4.79 Å². The van der Waals surface area contributed by atoms with Crippen LogP contribution in [0.3, 0.4) is 0 Å². The fraction of sp³-hybridized carbons (Fsp3) is 0.200. The van der Waals surface area contributed by atoms with E-state index in [0.29, 0.717) is 12.1 Å². The Labute approximate surface area is 162 Å². The van der Waals surface area contributed by atoms with Crippen molar-refractivity contribution in [2.75, 3.05) is 7.11 Å². The fourth-order valence-corrected chi connectivity index (χ4v) is 2.58. The summed E-state index contributed by atoms with van der Waals surface area (Å²) in [6.07, 6.45) is -8.14. The van der Waals surface area contributed by atoms with Crippen molar-refractivity contribution in [3.8, 4) is 0 Å². The number of benzene rings is 2. The molecule has 0 aromatic heterocycles. The Balaban J connectivity index is 2.65. The lowest BCUT2D eigenvalue weighted by Crippen LogP contribution is -2.33. The average Bonchev–Trinajstić information content (AvgIpc) is 2.67. The second-order valence-corrected chi connectivity index (χ2v) is 5.93. The van der Waals surface area contributed by atoms with E-state index in [4.69, 9.17) is 4.74 Å². The van der Waals surface area contributed by atoms with E-state index in [1.54, 1.807) is 18.2 Å². The van der Waals surface area contributed by atoms with Gasteiger partial charge < -0.3 is 4.74 Å². The van der Waals surface area contributed by atoms with E-state index in [0.717, 1.165) is 19.4 Å². The molecule has 154 valence electrons. The fourth-order valence-electron chi connectivity index (χ4n) is 2.58. The number of carbonyl (C=O) groups is 1. The number of methoxy groups -OCH3 is 1. The Kier molecular flexibility index (Phi) is 6.20. The molecular formula is C20H15F6NO2. The SMILES string of the molecule is C=C[C@@](N=Cc1cc(C(F)(F)F)cc(C(F)(F)F)c1)(C(=O)OC)c1ccccc1. The summed E-state index contributed by atoms with van der Waals surface area (Å²) in [5, 5.41) is 0. The lowest BCUT2D eigenvalue weighted by Gasteiger charge is -2.23. The average molecular weight is 415 g/mol. The van der Waals surface area contributed by atoms with Crippen LogP contribution in [-0.2, 0) is 27.4 Å². The molecule has 9 heteroatoms. The third-order valence-corrected chi connectivity index (χ3v) is 4.03. The smallest absolute Gasteiger partial charge is 0.416 e. The number of alkyl halides is 6. The molecule has 0 saturated heterocycles. The molecule has 0 radical (unpaired) electrons. The van der Waals surface area contributed by atoms with Crippen LogP contribution in [0.1, 0.15) is 22.3 Å². The van der Waals surface area contributed by atoms with E-state index < -0.39 is 40.6 Å². The summed E-state index contributed by atoms with van der Waals surface area (Å²) >= 11 is 0. The monoisotopic (exact) mass is 415 g/mol. The van der Waals surface area contributed by atoms with Crippen LogP contribution in [0, 0.1) is 0 Å². The Morgan fingerprint density at radius 2 is 1.45 bits per heavy atom. The number of esters is 1. The number of halogens is 6. The summed E-state index contributed by atoms with van der Waals surface area (Å²) in [6, 6.07) is 8.85. The van der Waals surface area contributed by atoms with Gasteiger partial charge in [-0.1, -0.05) is 36.9 Å². The van der Waals surface area contributed by atoms with Crippen molar-refractivity contribution in [2.24, 2.45) is 4.99 Å². The number of nitrogens with zero attached hydrogens (tertiary/aromatic N) is 1. The number of aliphatic imine (C=N–C) groups is 1. The standard InChI is InChI=1S/C20H15F6NO2/c1-3-18(17(28)29-2,14-7-5-4-6-8-14)27-12-13-9-15(19(21,22)23)11-16(10-13)20(24,25)26/h3-12H,1H2,2H3/t18-/m0/s1. The van der Waals surface area contributed by atoms with Crippen LogP contribution < -0.4 is 0 Å². The third-order valence-electron chi connectivity index (χ3n) is 4.03. The molecule has 0 spiro atoms. The van der Waals surface area contributed by atoms with Gasteiger partial charge in [0.05, 0.1) is 18.2 Å². The van der Waals surface area contributed by atoms with Gasteiger partial charge in [0.2, 0.25) is 5.54 Å². The van der Waals surface area contributed by atoms with Crippen molar-refractivity contribution in [3.63, 3.8) is 0 Å². The highest BCUT2D eigenvalue weighted by atomic mass is 19.4. The summed E-state index contributed by atoms with van der Waals surface area (Å²) in [6.45, 7) is 3.53. The van der Waals surface area contributed by atoms with Crippen LogP contribution in [0.5, 0.6) is 0 Å². The van der Waals surface area contributed by atoms with E-state index in [9.17, 15) is 31.1 Å². The van der Waals surface area contributed by atoms with Crippen LogP contribution >= 0.6 is 0 Å². The zero-order valence-electron chi connectivity index (χ0n) is 15.0. The van der Waals surface area contributed by atoms with E-state index in [-0.39, 0.29) is 11.6 Å². The van der Waals surface area contributed by atoms with Crippen LogP contribution in [-0.4, -0.2) is 19.3 Å². The van der Waals surface area contributed by atoms with Gasteiger partial charge in [0.25, 0.3) is 0 Å². The van der Waals surface area contributed by atoms with Crippen molar-refractivity contribution in [2.45, 2.75) is 17.9 Å². The van der Waals surface area contributed by atoms with Crippen LogP contribution in [0.15, 0.2) is 66.2 Å². The van der Waals surface area contributed by atoms with E-state index >= 15 is 0 Å². The maximum absolute atomic E-state index is 13.0. The molecule has 1 atom stereocenters. The molecule has 0 amide bonds. The number of carbonyl (C=O) groups excluding carboxylic acids is 1. The first kappa shape index (κ1) is 22.2. The first-order valence-corrected chi connectivity index (χ1v) is 8.06. The molecule has 0 aliphatic heterocycles. The predicted octanol–water partition coefficient (Wildman–Crippen LogP) is 5.40. The van der Waals surface area contributed by atoms with Gasteiger partial charge in [-0.05, 0) is 35.4 Å². The summed E-state index contributed by atoms with van der Waals surface area (Å²) in [5.41, 5.74) is -5.03. The van der Waals surface area contributed by atoms with Crippen molar-refractivity contribution in [1.29, 1.82) is 0 Å². The Morgan fingerprint density at radius 3 is 1.86 bits per heavy atom. The van der Waals surface area contributed by atoms with Crippen LogP contribution in [0.2, 0.25) is 0 Å². The molecular weight excluding hydrogens is 400 g/mol. The summed E-state index contributed by atoms with van der Waals surface area (Å²) in [7, 11) is 1.07. The second kappa shape index (κ2) is 8.10. The van der Waals surface area contributed by atoms with Gasteiger partial charge >= 0.3 is 18.3 Å². The molecule has 0 aliphatic carbocycles. The molecule has 3 nitrogen and oxygen atoms in total. The highest BCUT2D eigenvalue weighted by molar-refractivity contribution is 5.90. The maximum Gasteiger partial charge on any atom is 0.416 e. The number of hydrogen-bond acceptors (Lipinski definition) is 3. The van der Waals surface area contributed by atoms with Gasteiger partial charge in [-0.3, -0.25) is 4.99 Å². The third kappa shape index (κ3) is 4.85. The first-order chi connectivity index (χ1) is 13.4.